The van der Waals surface area contributed by atoms with Gasteiger partial charge < -0.3 is 21.1 Å². The van der Waals surface area contributed by atoms with Gasteiger partial charge in [-0.15, -0.1) is 0 Å². The number of likely N-dealkylation sites (tertiary alicyclic amines) is 1. The molecule has 1 aliphatic carbocycles. The summed E-state index contributed by atoms with van der Waals surface area (Å²) < 4.78 is 38.0. The molecule has 0 spiro atoms. The van der Waals surface area contributed by atoms with Crippen molar-refractivity contribution in [3.05, 3.63) is 71.5 Å². The van der Waals surface area contributed by atoms with Gasteiger partial charge in [-0.2, -0.15) is 0 Å². The Hall–Kier alpha value is -2.86. The molecule has 1 saturated heterocycles. The summed E-state index contributed by atoms with van der Waals surface area (Å²) in [7, 11) is -3.74. The number of carbonyl (C=O) groups excluding carboxylic acids is 2. The number of sulfone groups is 1. The number of nitrogens with zero attached hydrogens (tertiary/aromatic N) is 1. The van der Waals surface area contributed by atoms with E-state index in [1.807, 2.05) is 51.1 Å². The Bertz CT molecular complexity index is 1480. The number of carbonyl (C=O) groups is 2. The lowest BCUT2D eigenvalue weighted by atomic mass is 9.72. The number of β-amino-alcohol motifs (C(OH)–C–C–N with tert-alkyl or cyclic N) is 1. The van der Waals surface area contributed by atoms with Gasteiger partial charge in [0.15, 0.2) is 9.84 Å². The van der Waals surface area contributed by atoms with Gasteiger partial charge in [0.25, 0.3) is 0 Å². The summed E-state index contributed by atoms with van der Waals surface area (Å²) >= 11 is 0. The smallest absolute Gasteiger partial charge is 0.239 e. The first-order valence-electron chi connectivity index (χ1n) is 17.2. The van der Waals surface area contributed by atoms with Crippen LogP contribution in [0.3, 0.4) is 0 Å². The van der Waals surface area contributed by atoms with E-state index >= 15 is 0 Å². The van der Waals surface area contributed by atoms with Crippen LogP contribution < -0.4 is 16.0 Å². The molecule has 9 nitrogen and oxygen atoms in total. The number of hydrogen-bond acceptors (Lipinski definition) is 7. The SMILES string of the molecule is CC(C)(C)NC(=O)C1C[C@@H]2CCCC[C@@H]2CN1CC(O)C(Cc1ccccc1)NC(=O)[C@@H](NCc1ccc(F)cc1)C(C)(C)S(C)(=O)=O. The van der Waals surface area contributed by atoms with Gasteiger partial charge in [0.2, 0.25) is 11.8 Å². The molecule has 11 heteroatoms. The number of rotatable bonds is 13. The second kappa shape index (κ2) is 15.8. The van der Waals surface area contributed by atoms with Gasteiger partial charge in [-0.05, 0) is 89.0 Å². The van der Waals surface area contributed by atoms with Crippen molar-refractivity contribution in [3.8, 4) is 0 Å². The highest BCUT2D eigenvalue weighted by Gasteiger charge is 2.45. The number of halogens is 1. The van der Waals surface area contributed by atoms with Crippen LogP contribution in [-0.4, -0.2) is 84.1 Å². The lowest BCUT2D eigenvalue weighted by molar-refractivity contribution is -0.133. The maximum absolute atomic E-state index is 14.1. The van der Waals surface area contributed by atoms with Crippen molar-refractivity contribution in [1.29, 1.82) is 0 Å². The number of piperidine rings is 1. The zero-order valence-corrected chi connectivity index (χ0v) is 30.2. The molecule has 4 N–H and O–H groups in total. The molecule has 2 fully saturated rings. The summed E-state index contributed by atoms with van der Waals surface area (Å²) in [6.45, 7) is 9.87. The van der Waals surface area contributed by atoms with Crippen molar-refractivity contribution in [2.75, 3.05) is 19.3 Å². The Morgan fingerprint density at radius 1 is 0.958 bits per heavy atom. The van der Waals surface area contributed by atoms with E-state index in [0.29, 0.717) is 30.4 Å². The number of nitrogens with one attached hydrogen (secondary N) is 3. The highest BCUT2D eigenvalue weighted by molar-refractivity contribution is 7.92. The minimum Gasteiger partial charge on any atom is -0.390 e. The fourth-order valence-corrected chi connectivity index (χ4v) is 7.72. The molecule has 6 atom stereocenters. The molecule has 3 unspecified atom stereocenters. The summed E-state index contributed by atoms with van der Waals surface area (Å²) in [5.41, 5.74) is 1.18. The zero-order valence-electron chi connectivity index (χ0n) is 29.3. The monoisotopic (exact) mass is 686 g/mol. The molecule has 1 heterocycles. The Kier molecular flexibility index (Phi) is 12.5. The predicted molar refractivity (Wildman–Crippen MR) is 187 cm³/mol. The summed E-state index contributed by atoms with van der Waals surface area (Å²) in [6, 6.07) is 12.9. The van der Waals surface area contributed by atoms with Crippen LogP contribution in [0.25, 0.3) is 0 Å². The van der Waals surface area contributed by atoms with Gasteiger partial charge in [0, 0.05) is 31.4 Å². The van der Waals surface area contributed by atoms with E-state index in [9.17, 15) is 27.5 Å². The molecule has 1 saturated carbocycles. The first-order valence-corrected chi connectivity index (χ1v) is 19.1. The summed E-state index contributed by atoms with van der Waals surface area (Å²) in [5.74, 6) is -0.104. The molecule has 4 rings (SSSR count). The normalized spacial score (nSPS) is 22.6. The van der Waals surface area contributed by atoms with Crippen LogP contribution in [-0.2, 0) is 32.4 Å². The van der Waals surface area contributed by atoms with E-state index in [0.717, 1.165) is 37.5 Å². The molecule has 0 radical (unpaired) electrons. The standard InChI is InChI=1S/C37H55FN4O5S/c1-36(2,3)41-34(44)31-21-27-14-10-11-15-28(27)23-42(31)24-32(43)30(20-25-12-8-7-9-13-25)40-35(45)33(37(4,5)48(6,46)47)39-22-26-16-18-29(38)19-17-26/h7-9,12-13,16-19,27-28,30-33,39,43H,10-11,14-15,20-24H2,1-6H3,(H,40,45)(H,41,44)/t27-,28+,30?,31?,32?,33+/m0/s1. The van der Waals surface area contributed by atoms with Crippen molar-refractivity contribution >= 4 is 21.7 Å². The fraction of sp³-hybridized carbons (Fsp3) is 0.622. The molecule has 1 aliphatic heterocycles. The van der Waals surface area contributed by atoms with E-state index < -0.39 is 56.1 Å². The maximum atomic E-state index is 14.1. The largest absolute Gasteiger partial charge is 0.390 e. The summed E-state index contributed by atoms with van der Waals surface area (Å²) in [4.78, 5) is 29.9. The second-order valence-electron chi connectivity index (χ2n) is 15.4. The number of aliphatic hydroxyl groups is 1. The predicted octanol–water partition coefficient (Wildman–Crippen LogP) is 3.99. The molecular formula is C37H55FN4O5S. The van der Waals surface area contributed by atoms with Gasteiger partial charge in [-0.3, -0.25) is 14.5 Å². The van der Waals surface area contributed by atoms with E-state index in [2.05, 4.69) is 20.9 Å². The van der Waals surface area contributed by atoms with Crippen LogP contribution in [0.2, 0.25) is 0 Å². The van der Waals surface area contributed by atoms with Gasteiger partial charge in [-0.25, -0.2) is 12.8 Å². The van der Waals surface area contributed by atoms with Crippen molar-refractivity contribution < 1.29 is 27.5 Å². The third-order valence-corrected chi connectivity index (χ3v) is 12.3. The van der Waals surface area contributed by atoms with Gasteiger partial charge in [0.1, 0.15) is 11.9 Å². The van der Waals surface area contributed by atoms with Crippen LogP contribution in [0.5, 0.6) is 0 Å². The molecule has 0 aromatic heterocycles. The summed E-state index contributed by atoms with van der Waals surface area (Å²) in [6.07, 6.45) is 5.60. The molecule has 48 heavy (non-hydrogen) atoms. The van der Waals surface area contributed by atoms with Crippen molar-refractivity contribution in [3.63, 3.8) is 0 Å². The van der Waals surface area contributed by atoms with Gasteiger partial charge >= 0.3 is 0 Å². The number of amides is 2. The highest BCUT2D eigenvalue weighted by atomic mass is 32.2. The van der Waals surface area contributed by atoms with Crippen molar-refractivity contribution in [2.24, 2.45) is 11.8 Å². The Morgan fingerprint density at radius 2 is 1.58 bits per heavy atom. The quantitative estimate of drug-likeness (QED) is 0.251. The Balaban J connectivity index is 1.60. The van der Waals surface area contributed by atoms with E-state index in [4.69, 9.17) is 0 Å². The van der Waals surface area contributed by atoms with E-state index in [1.54, 1.807) is 12.1 Å². The molecule has 2 amide bonds. The Labute approximate surface area is 286 Å². The molecule has 2 aromatic rings. The van der Waals surface area contributed by atoms with Crippen LogP contribution in [0.1, 0.15) is 77.8 Å². The topological polar surface area (TPSA) is 128 Å². The minimum atomic E-state index is -3.74. The number of benzene rings is 2. The van der Waals surface area contributed by atoms with Crippen LogP contribution in [0.15, 0.2) is 54.6 Å². The van der Waals surface area contributed by atoms with Crippen molar-refractivity contribution in [2.45, 2.75) is 114 Å². The first-order chi connectivity index (χ1) is 22.4. The number of hydrogen-bond donors (Lipinski definition) is 4. The van der Waals surface area contributed by atoms with E-state index in [1.165, 1.54) is 32.4 Å². The second-order valence-corrected chi connectivity index (χ2v) is 18.0. The minimum absolute atomic E-state index is 0.0534. The van der Waals surface area contributed by atoms with Gasteiger partial charge in [0.05, 0.1) is 22.9 Å². The van der Waals surface area contributed by atoms with Gasteiger partial charge in [-0.1, -0.05) is 61.7 Å². The van der Waals surface area contributed by atoms with E-state index in [-0.39, 0.29) is 19.0 Å². The average molecular weight is 687 g/mol. The summed E-state index contributed by atoms with van der Waals surface area (Å²) in [5, 5.41) is 21.2. The third kappa shape index (κ3) is 10.1. The number of fused-ring (bicyclic) bond motifs is 1. The number of aliphatic hydroxyl groups excluding tert-OH is 1. The average Bonchev–Trinajstić information content (AvgIpc) is 3.00. The molecule has 2 aromatic carbocycles. The lowest BCUT2D eigenvalue weighted by Crippen LogP contribution is -2.63. The van der Waals surface area contributed by atoms with Crippen molar-refractivity contribution in [1.82, 2.24) is 20.9 Å². The van der Waals surface area contributed by atoms with Crippen LogP contribution in [0, 0.1) is 17.7 Å². The van der Waals surface area contributed by atoms with Crippen LogP contribution >= 0.6 is 0 Å². The van der Waals surface area contributed by atoms with Crippen LogP contribution in [0.4, 0.5) is 4.39 Å². The molecular weight excluding hydrogens is 631 g/mol. The molecule has 266 valence electrons. The molecule has 0 bridgehead atoms. The fourth-order valence-electron chi connectivity index (χ4n) is 7.10. The first kappa shape index (κ1) is 38.0. The molecule has 2 aliphatic rings. The zero-order chi connectivity index (χ0) is 35.3. The maximum Gasteiger partial charge on any atom is 0.239 e. The lowest BCUT2D eigenvalue weighted by Gasteiger charge is -2.47. The third-order valence-electron chi connectivity index (χ3n) is 10.2. The Morgan fingerprint density at radius 3 is 2.19 bits per heavy atom. The highest BCUT2D eigenvalue weighted by Crippen LogP contribution is 2.39.